The van der Waals surface area contributed by atoms with E-state index >= 15 is 0 Å². The molecule has 0 rings (SSSR count). The zero-order valence-corrected chi connectivity index (χ0v) is 8.33. The van der Waals surface area contributed by atoms with Crippen LogP contribution in [-0.2, 0) is 0 Å². The van der Waals surface area contributed by atoms with Crippen LogP contribution in [0.25, 0.3) is 0 Å². The molecule has 0 amide bonds. The summed E-state index contributed by atoms with van der Waals surface area (Å²) in [5.74, 6) is 1.54. The van der Waals surface area contributed by atoms with Crippen molar-refractivity contribution in [2.24, 2.45) is 11.3 Å². The number of hydrogen-bond donors (Lipinski definition) is 0. The van der Waals surface area contributed by atoms with Crippen LogP contribution in [0.1, 0.15) is 40.5 Å². The van der Waals surface area contributed by atoms with Crippen LogP contribution < -0.4 is 0 Å². The maximum absolute atomic E-state index is 5.88. The molecule has 0 bridgehead atoms. The fraction of sp³-hybridized carbons (Fsp3) is 1.00. The summed E-state index contributed by atoms with van der Waals surface area (Å²) < 4.78 is 0. The molecule has 0 nitrogen and oxygen atoms in total. The molecule has 0 aromatic rings. The second kappa shape index (κ2) is 4.23. The van der Waals surface area contributed by atoms with Gasteiger partial charge in [0.1, 0.15) is 0 Å². The van der Waals surface area contributed by atoms with Crippen molar-refractivity contribution < 1.29 is 0 Å². The summed E-state index contributed by atoms with van der Waals surface area (Å²) in [6, 6.07) is 0. The number of halogens is 1. The SMILES string of the molecule is CCC(C)C(C)(CC)CCl. The molecular formula is C9H19Cl. The molecule has 0 aliphatic carbocycles. The van der Waals surface area contributed by atoms with Gasteiger partial charge in [-0.3, -0.25) is 0 Å². The van der Waals surface area contributed by atoms with Crippen molar-refractivity contribution in [2.45, 2.75) is 40.5 Å². The van der Waals surface area contributed by atoms with Crippen molar-refractivity contribution >= 4 is 11.6 Å². The van der Waals surface area contributed by atoms with Crippen LogP contribution in [0.4, 0.5) is 0 Å². The lowest BCUT2D eigenvalue weighted by atomic mass is 9.76. The highest BCUT2D eigenvalue weighted by atomic mass is 35.5. The monoisotopic (exact) mass is 162 g/mol. The molecule has 2 unspecified atom stereocenters. The molecular weight excluding hydrogens is 144 g/mol. The molecule has 0 aliphatic heterocycles. The lowest BCUT2D eigenvalue weighted by Gasteiger charge is -2.31. The largest absolute Gasteiger partial charge is 0.126 e. The molecule has 62 valence electrons. The van der Waals surface area contributed by atoms with E-state index in [4.69, 9.17) is 11.6 Å². The topological polar surface area (TPSA) is 0 Å². The third kappa shape index (κ3) is 2.16. The zero-order chi connectivity index (χ0) is 8.20. The maximum atomic E-state index is 5.88. The Hall–Kier alpha value is 0.290. The Bertz CT molecular complexity index is 84.7. The predicted octanol–water partition coefficient (Wildman–Crippen LogP) is 3.69. The summed E-state index contributed by atoms with van der Waals surface area (Å²) in [5, 5.41) is 0. The molecule has 0 saturated heterocycles. The van der Waals surface area contributed by atoms with Gasteiger partial charge in [-0.25, -0.2) is 0 Å². The molecule has 0 spiro atoms. The average molecular weight is 163 g/mol. The van der Waals surface area contributed by atoms with Gasteiger partial charge in [-0.05, 0) is 17.8 Å². The van der Waals surface area contributed by atoms with Gasteiger partial charge in [-0.2, -0.15) is 0 Å². The Balaban J connectivity index is 4.02. The van der Waals surface area contributed by atoms with E-state index in [0.717, 1.165) is 11.8 Å². The summed E-state index contributed by atoms with van der Waals surface area (Å²) in [7, 11) is 0. The van der Waals surface area contributed by atoms with Crippen molar-refractivity contribution in [3.05, 3.63) is 0 Å². The van der Waals surface area contributed by atoms with Crippen LogP contribution >= 0.6 is 11.6 Å². The Morgan fingerprint density at radius 2 is 1.90 bits per heavy atom. The minimum atomic E-state index is 0.357. The summed E-state index contributed by atoms with van der Waals surface area (Å²) in [4.78, 5) is 0. The highest BCUT2D eigenvalue weighted by Gasteiger charge is 2.26. The highest BCUT2D eigenvalue weighted by Crippen LogP contribution is 2.33. The smallest absolute Gasteiger partial charge is 0.0279 e. The van der Waals surface area contributed by atoms with Crippen LogP contribution in [0, 0.1) is 11.3 Å². The summed E-state index contributed by atoms with van der Waals surface area (Å²) in [5.41, 5.74) is 0.357. The van der Waals surface area contributed by atoms with E-state index in [9.17, 15) is 0 Å². The third-order valence-electron chi connectivity index (χ3n) is 2.92. The first kappa shape index (κ1) is 10.3. The Morgan fingerprint density at radius 3 is 2.00 bits per heavy atom. The van der Waals surface area contributed by atoms with E-state index in [1.54, 1.807) is 0 Å². The van der Waals surface area contributed by atoms with Gasteiger partial charge in [0, 0.05) is 5.88 Å². The van der Waals surface area contributed by atoms with E-state index in [1.165, 1.54) is 12.8 Å². The fourth-order valence-electron chi connectivity index (χ4n) is 1.07. The third-order valence-corrected chi connectivity index (χ3v) is 3.53. The molecule has 1 heteroatoms. The quantitative estimate of drug-likeness (QED) is 0.554. The average Bonchev–Trinajstić information content (AvgIpc) is 2.01. The standard InChI is InChI=1S/C9H19Cl/c1-5-8(3)9(4,6-2)7-10/h8H,5-7H2,1-4H3. The van der Waals surface area contributed by atoms with Gasteiger partial charge in [-0.1, -0.05) is 34.1 Å². The highest BCUT2D eigenvalue weighted by molar-refractivity contribution is 6.18. The van der Waals surface area contributed by atoms with Crippen LogP contribution in [0.3, 0.4) is 0 Å². The Labute approximate surface area is 70.0 Å². The van der Waals surface area contributed by atoms with Crippen molar-refractivity contribution in [3.63, 3.8) is 0 Å². The molecule has 0 N–H and O–H groups in total. The van der Waals surface area contributed by atoms with Gasteiger partial charge in [0.05, 0.1) is 0 Å². The maximum Gasteiger partial charge on any atom is 0.0279 e. The van der Waals surface area contributed by atoms with Crippen molar-refractivity contribution in [1.29, 1.82) is 0 Å². The summed E-state index contributed by atoms with van der Waals surface area (Å²) >= 11 is 5.88. The van der Waals surface area contributed by atoms with Crippen molar-refractivity contribution in [2.75, 3.05) is 5.88 Å². The van der Waals surface area contributed by atoms with Crippen molar-refractivity contribution in [3.8, 4) is 0 Å². The van der Waals surface area contributed by atoms with Crippen molar-refractivity contribution in [1.82, 2.24) is 0 Å². The minimum Gasteiger partial charge on any atom is -0.126 e. The molecule has 2 atom stereocenters. The molecule has 0 aliphatic rings. The fourth-order valence-corrected chi connectivity index (χ4v) is 1.52. The van der Waals surface area contributed by atoms with Crippen LogP contribution in [-0.4, -0.2) is 5.88 Å². The first-order valence-electron chi connectivity index (χ1n) is 4.16. The van der Waals surface area contributed by atoms with E-state index in [2.05, 4.69) is 27.7 Å². The second-order valence-electron chi connectivity index (χ2n) is 3.45. The number of hydrogen-bond acceptors (Lipinski definition) is 0. The van der Waals surface area contributed by atoms with Gasteiger partial charge in [0.2, 0.25) is 0 Å². The Kier molecular flexibility index (Phi) is 4.35. The minimum absolute atomic E-state index is 0.357. The molecule has 0 heterocycles. The molecule has 0 radical (unpaired) electrons. The van der Waals surface area contributed by atoms with E-state index in [1.807, 2.05) is 0 Å². The van der Waals surface area contributed by atoms with Gasteiger partial charge in [0.25, 0.3) is 0 Å². The normalized spacial score (nSPS) is 20.1. The molecule has 0 aromatic carbocycles. The lowest BCUT2D eigenvalue weighted by Crippen LogP contribution is -2.25. The van der Waals surface area contributed by atoms with Gasteiger partial charge >= 0.3 is 0 Å². The molecule has 10 heavy (non-hydrogen) atoms. The molecule has 0 fully saturated rings. The Morgan fingerprint density at radius 1 is 1.40 bits per heavy atom. The second-order valence-corrected chi connectivity index (χ2v) is 3.72. The first-order chi connectivity index (χ1) is 4.60. The molecule has 0 saturated carbocycles. The van der Waals surface area contributed by atoms with Gasteiger partial charge in [0.15, 0.2) is 0 Å². The van der Waals surface area contributed by atoms with Crippen LogP contribution in [0.2, 0.25) is 0 Å². The van der Waals surface area contributed by atoms with E-state index in [0.29, 0.717) is 5.41 Å². The summed E-state index contributed by atoms with van der Waals surface area (Å²) in [6.45, 7) is 9.00. The van der Waals surface area contributed by atoms with E-state index < -0.39 is 0 Å². The molecule has 0 aromatic heterocycles. The van der Waals surface area contributed by atoms with Crippen LogP contribution in [0.15, 0.2) is 0 Å². The lowest BCUT2D eigenvalue weighted by molar-refractivity contribution is 0.220. The van der Waals surface area contributed by atoms with Gasteiger partial charge in [-0.15, -0.1) is 11.6 Å². The number of alkyl halides is 1. The van der Waals surface area contributed by atoms with E-state index in [-0.39, 0.29) is 0 Å². The van der Waals surface area contributed by atoms with Crippen LogP contribution in [0.5, 0.6) is 0 Å². The predicted molar refractivity (Wildman–Crippen MR) is 48.6 cm³/mol. The zero-order valence-electron chi connectivity index (χ0n) is 7.58. The number of rotatable bonds is 4. The van der Waals surface area contributed by atoms with Gasteiger partial charge < -0.3 is 0 Å². The first-order valence-corrected chi connectivity index (χ1v) is 4.70. The summed E-state index contributed by atoms with van der Waals surface area (Å²) in [6.07, 6.45) is 2.42.